The van der Waals surface area contributed by atoms with Crippen LogP contribution in [0.3, 0.4) is 0 Å². The predicted octanol–water partition coefficient (Wildman–Crippen LogP) is 3.92. The first kappa shape index (κ1) is 20.4. The predicted molar refractivity (Wildman–Crippen MR) is 117 cm³/mol. The van der Waals surface area contributed by atoms with Crippen molar-refractivity contribution in [1.82, 2.24) is 24.6 Å². The summed E-state index contributed by atoms with van der Waals surface area (Å²) < 4.78 is 11.9. The zero-order valence-electron chi connectivity index (χ0n) is 17.4. The van der Waals surface area contributed by atoms with E-state index in [-0.39, 0.29) is 5.69 Å². The lowest BCUT2D eigenvalue weighted by Gasteiger charge is -2.27. The van der Waals surface area contributed by atoms with Crippen LogP contribution < -0.4 is 0 Å². The fraction of sp³-hybridized carbons (Fsp3) is 0.217. The molecular formula is C23H20ClN5O3. The van der Waals surface area contributed by atoms with Gasteiger partial charge in [0.15, 0.2) is 17.3 Å². The molecule has 0 saturated carbocycles. The van der Waals surface area contributed by atoms with Crippen LogP contribution in [0.15, 0.2) is 59.3 Å². The molecule has 0 atom stereocenters. The van der Waals surface area contributed by atoms with E-state index in [9.17, 15) is 4.79 Å². The molecule has 0 bridgehead atoms. The van der Waals surface area contributed by atoms with Crippen molar-refractivity contribution in [2.75, 3.05) is 13.7 Å². The highest BCUT2D eigenvalue weighted by Gasteiger charge is 2.27. The number of rotatable bonds is 5. The minimum absolute atomic E-state index is 0.219. The zero-order chi connectivity index (χ0) is 22.1. The van der Waals surface area contributed by atoms with E-state index in [1.54, 1.807) is 10.9 Å². The second-order valence-electron chi connectivity index (χ2n) is 7.46. The maximum Gasteiger partial charge on any atom is 0.358 e. The fourth-order valence-corrected chi connectivity index (χ4v) is 4.11. The van der Waals surface area contributed by atoms with Gasteiger partial charge in [0.2, 0.25) is 0 Å². The average Bonchev–Trinajstić information content (AvgIpc) is 3.48. The van der Waals surface area contributed by atoms with E-state index in [0.29, 0.717) is 35.4 Å². The zero-order valence-corrected chi connectivity index (χ0v) is 18.1. The molecule has 0 aliphatic carbocycles. The van der Waals surface area contributed by atoms with Gasteiger partial charge in [-0.1, -0.05) is 29.8 Å². The van der Waals surface area contributed by atoms with Gasteiger partial charge in [-0.3, -0.25) is 4.90 Å². The first-order valence-electron chi connectivity index (χ1n) is 10.2. The van der Waals surface area contributed by atoms with Crippen molar-refractivity contribution in [1.29, 1.82) is 0 Å². The second-order valence-corrected chi connectivity index (χ2v) is 7.82. The Labute approximate surface area is 189 Å². The van der Waals surface area contributed by atoms with Crippen LogP contribution >= 0.6 is 11.6 Å². The number of nitrogens with zero attached hydrogens (tertiary/aromatic N) is 5. The molecule has 9 heteroatoms. The third-order valence-electron chi connectivity index (χ3n) is 5.44. The SMILES string of the molecule is COC(=O)c1nn(-c2ccccc2)c(Cl)c1CN1CCc2nc(-c3ccco3)ncc2C1. The van der Waals surface area contributed by atoms with Gasteiger partial charge in [-0.05, 0) is 24.3 Å². The summed E-state index contributed by atoms with van der Waals surface area (Å²) in [4.78, 5) is 23.7. The third kappa shape index (κ3) is 3.79. The first-order chi connectivity index (χ1) is 15.6. The minimum Gasteiger partial charge on any atom is -0.464 e. The summed E-state index contributed by atoms with van der Waals surface area (Å²) in [6.07, 6.45) is 4.20. The monoisotopic (exact) mass is 449 g/mol. The molecule has 0 fully saturated rings. The highest BCUT2D eigenvalue weighted by molar-refractivity contribution is 6.31. The number of hydrogen-bond acceptors (Lipinski definition) is 7. The largest absolute Gasteiger partial charge is 0.464 e. The standard InChI is InChI=1S/C23H20ClN5O3/c1-31-23(30)20-17(21(24)29(27-20)16-6-3-2-4-7-16)14-28-10-9-18-15(13-28)12-25-22(26-18)19-8-5-11-32-19/h2-8,11-12H,9-10,13-14H2,1H3. The van der Waals surface area contributed by atoms with Gasteiger partial charge in [-0.25, -0.2) is 19.4 Å². The number of furan rings is 1. The number of halogens is 1. The summed E-state index contributed by atoms with van der Waals surface area (Å²) in [7, 11) is 1.34. The molecule has 5 rings (SSSR count). The summed E-state index contributed by atoms with van der Waals surface area (Å²) in [5.41, 5.74) is 3.67. The molecule has 1 aliphatic heterocycles. The lowest BCUT2D eigenvalue weighted by molar-refractivity contribution is 0.0591. The highest BCUT2D eigenvalue weighted by atomic mass is 35.5. The number of carbonyl (C=O) groups is 1. The minimum atomic E-state index is -0.514. The molecular weight excluding hydrogens is 430 g/mol. The maximum absolute atomic E-state index is 12.4. The van der Waals surface area contributed by atoms with Crippen LogP contribution in [0.25, 0.3) is 17.3 Å². The number of benzene rings is 1. The van der Waals surface area contributed by atoms with E-state index in [1.807, 2.05) is 48.7 Å². The summed E-state index contributed by atoms with van der Waals surface area (Å²) >= 11 is 6.69. The lowest BCUT2D eigenvalue weighted by Crippen LogP contribution is -2.31. The molecule has 1 aromatic carbocycles. The van der Waals surface area contributed by atoms with Crippen molar-refractivity contribution in [2.24, 2.45) is 0 Å². The van der Waals surface area contributed by atoms with Crippen LogP contribution in [0.2, 0.25) is 5.15 Å². The van der Waals surface area contributed by atoms with E-state index < -0.39 is 5.97 Å². The van der Waals surface area contributed by atoms with Gasteiger partial charge < -0.3 is 9.15 Å². The number of hydrogen-bond donors (Lipinski definition) is 0. The van der Waals surface area contributed by atoms with E-state index >= 15 is 0 Å². The number of aromatic nitrogens is 4. The maximum atomic E-state index is 12.4. The molecule has 0 radical (unpaired) electrons. The summed E-state index contributed by atoms with van der Waals surface area (Å²) in [6.45, 7) is 1.85. The summed E-state index contributed by atoms with van der Waals surface area (Å²) in [6, 6.07) is 13.1. The van der Waals surface area contributed by atoms with E-state index in [4.69, 9.17) is 20.8 Å². The van der Waals surface area contributed by atoms with Crippen molar-refractivity contribution in [3.05, 3.63) is 82.6 Å². The van der Waals surface area contributed by atoms with E-state index in [0.717, 1.165) is 29.9 Å². The summed E-state index contributed by atoms with van der Waals surface area (Å²) in [5.74, 6) is 0.723. The van der Waals surface area contributed by atoms with Crippen LogP contribution in [0.5, 0.6) is 0 Å². The molecule has 4 heterocycles. The van der Waals surface area contributed by atoms with Gasteiger partial charge in [0.1, 0.15) is 5.15 Å². The molecule has 0 saturated heterocycles. The number of carbonyl (C=O) groups excluding carboxylic acids is 1. The molecule has 0 unspecified atom stereocenters. The molecule has 1 aliphatic rings. The highest BCUT2D eigenvalue weighted by Crippen LogP contribution is 2.28. The molecule has 162 valence electrons. The summed E-state index contributed by atoms with van der Waals surface area (Å²) in [5, 5.41) is 4.84. The quantitative estimate of drug-likeness (QED) is 0.427. The van der Waals surface area contributed by atoms with Crippen LogP contribution in [0, 0.1) is 0 Å². The van der Waals surface area contributed by atoms with Crippen molar-refractivity contribution in [2.45, 2.75) is 19.5 Å². The van der Waals surface area contributed by atoms with Crippen molar-refractivity contribution < 1.29 is 13.9 Å². The number of methoxy groups -OCH3 is 1. The third-order valence-corrected chi connectivity index (χ3v) is 5.82. The van der Waals surface area contributed by atoms with Gasteiger partial charge >= 0.3 is 5.97 Å². The van der Waals surface area contributed by atoms with Gasteiger partial charge in [0.25, 0.3) is 0 Å². The van der Waals surface area contributed by atoms with Crippen molar-refractivity contribution >= 4 is 17.6 Å². The molecule has 0 N–H and O–H groups in total. The first-order valence-corrected chi connectivity index (χ1v) is 10.5. The number of para-hydroxylation sites is 1. The molecule has 32 heavy (non-hydrogen) atoms. The Morgan fingerprint density at radius 3 is 2.81 bits per heavy atom. The number of esters is 1. The Kier molecular flexibility index (Phi) is 5.46. The smallest absolute Gasteiger partial charge is 0.358 e. The van der Waals surface area contributed by atoms with Crippen molar-refractivity contribution in [3.63, 3.8) is 0 Å². The average molecular weight is 450 g/mol. The van der Waals surface area contributed by atoms with E-state index in [1.165, 1.54) is 7.11 Å². The molecule has 0 spiro atoms. The van der Waals surface area contributed by atoms with Crippen LogP contribution in [-0.2, 0) is 24.2 Å². The Balaban J connectivity index is 1.42. The van der Waals surface area contributed by atoms with Gasteiger partial charge in [-0.15, -0.1) is 0 Å². The van der Waals surface area contributed by atoms with Gasteiger partial charge in [0, 0.05) is 43.4 Å². The van der Waals surface area contributed by atoms with Crippen molar-refractivity contribution in [3.8, 4) is 17.3 Å². The second kappa shape index (κ2) is 8.57. The number of ether oxygens (including phenoxy) is 1. The molecule has 0 amide bonds. The Hall–Kier alpha value is -3.49. The Bertz CT molecular complexity index is 1250. The Morgan fingerprint density at radius 1 is 1.22 bits per heavy atom. The van der Waals surface area contributed by atoms with Crippen LogP contribution in [0.4, 0.5) is 0 Å². The van der Waals surface area contributed by atoms with Crippen LogP contribution in [-0.4, -0.2) is 44.3 Å². The fourth-order valence-electron chi connectivity index (χ4n) is 3.83. The van der Waals surface area contributed by atoms with Gasteiger partial charge in [-0.2, -0.15) is 5.10 Å². The topological polar surface area (TPSA) is 86.3 Å². The molecule has 4 aromatic rings. The van der Waals surface area contributed by atoms with E-state index in [2.05, 4.69) is 20.0 Å². The number of fused-ring (bicyclic) bond motifs is 1. The molecule has 3 aromatic heterocycles. The van der Waals surface area contributed by atoms with Crippen LogP contribution in [0.1, 0.15) is 27.3 Å². The molecule has 8 nitrogen and oxygen atoms in total. The van der Waals surface area contributed by atoms with Gasteiger partial charge in [0.05, 0.1) is 24.8 Å². The Morgan fingerprint density at radius 2 is 2.06 bits per heavy atom. The normalized spacial score (nSPS) is 13.7. The lowest BCUT2D eigenvalue weighted by atomic mass is 10.1.